The van der Waals surface area contributed by atoms with E-state index in [4.69, 9.17) is 4.74 Å². The summed E-state index contributed by atoms with van der Waals surface area (Å²) in [5, 5.41) is 0. The summed E-state index contributed by atoms with van der Waals surface area (Å²) in [4.78, 5) is 8.66. The van der Waals surface area contributed by atoms with Crippen molar-refractivity contribution in [2.24, 2.45) is 0 Å². The number of aromatic nitrogens is 2. The molecule has 0 unspecified atom stereocenters. The van der Waals surface area contributed by atoms with Gasteiger partial charge in [0, 0.05) is 19.0 Å². The van der Waals surface area contributed by atoms with Crippen LogP contribution in [0, 0.1) is 0 Å². The second-order valence-corrected chi connectivity index (χ2v) is 5.99. The highest BCUT2D eigenvalue weighted by molar-refractivity contribution is 5.09. The van der Waals surface area contributed by atoms with E-state index in [-0.39, 0.29) is 12.0 Å². The fourth-order valence-corrected chi connectivity index (χ4v) is 3.14. The molecule has 0 saturated carbocycles. The first-order valence-electron chi connectivity index (χ1n) is 7.67. The van der Waals surface area contributed by atoms with Gasteiger partial charge in [-0.1, -0.05) is 0 Å². The van der Waals surface area contributed by atoms with Crippen LogP contribution in [0.25, 0.3) is 0 Å². The van der Waals surface area contributed by atoms with Crippen LogP contribution in [0.4, 0.5) is 13.2 Å². The van der Waals surface area contributed by atoms with E-state index in [0.717, 1.165) is 51.5 Å². The number of allylic oxidation sites excluding steroid dienone is 1. The number of nitrogens with one attached hydrogen (secondary N) is 1. The Hall–Kier alpha value is -1.50. The number of hydrogen-bond donors (Lipinski definition) is 1. The summed E-state index contributed by atoms with van der Waals surface area (Å²) in [5.74, 6) is 0.477. The third kappa shape index (κ3) is 3.63. The zero-order valence-corrected chi connectivity index (χ0v) is 12.3. The topological polar surface area (TPSA) is 41.2 Å². The number of alkyl halides is 3. The van der Waals surface area contributed by atoms with E-state index in [0.29, 0.717) is 5.82 Å². The normalized spacial score (nSPS) is 26.9. The van der Waals surface area contributed by atoms with Gasteiger partial charge in [0.05, 0.1) is 12.5 Å². The number of imidazole rings is 1. The molecule has 0 radical (unpaired) electrons. The first-order chi connectivity index (χ1) is 10.5. The number of halogens is 3. The number of aromatic amines is 1. The molecule has 7 heteroatoms. The maximum Gasteiger partial charge on any atom is 0.432 e. The number of ether oxygens (including phenoxy) is 1. The zero-order valence-electron chi connectivity index (χ0n) is 12.3. The molecule has 2 aliphatic rings. The predicted molar refractivity (Wildman–Crippen MR) is 75.3 cm³/mol. The van der Waals surface area contributed by atoms with Crippen LogP contribution >= 0.6 is 0 Å². The lowest BCUT2D eigenvalue weighted by Gasteiger charge is -2.34. The van der Waals surface area contributed by atoms with E-state index in [2.05, 4.69) is 14.9 Å². The van der Waals surface area contributed by atoms with E-state index >= 15 is 0 Å². The van der Waals surface area contributed by atoms with Crippen LogP contribution in [-0.4, -0.2) is 40.6 Å². The quantitative estimate of drug-likeness (QED) is 0.930. The highest BCUT2D eigenvalue weighted by Crippen LogP contribution is 2.31. The fraction of sp³-hybridized carbons (Fsp3) is 0.667. The minimum absolute atomic E-state index is 0.0315. The Morgan fingerprint density at radius 2 is 2.23 bits per heavy atom. The van der Waals surface area contributed by atoms with Crippen molar-refractivity contribution in [1.82, 2.24) is 14.9 Å². The number of likely N-dealkylation sites (tertiary alicyclic amines) is 1. The Morgan fingerprint density at radius 3 is 2.91 bits per heavy atom. The Bertz CT molecular complexity index is 526. The fourth-order valence-electron chi connectivity index (χ4n) is 3.14. The summed E-state index contributed by atoms with van der Waals surface area (Å²) in [7, 11) is 0. The molecule has 0 aliphatic carbocycles. The summed E-state index contributed by atoms with van der Waals surface area (Å²) in [6.45, 7) is 2.52. The summed E-state index contributed by atoms with van der Waals surface area (Å²) < 4.78 is 43.5. The molecular formula is C15H20F3N3O. The van der Waals surface area contributed by atoms with Crippen molar-refractivity contribution >= 4 is 0 Å². The smallest absolute Gasteiger partial charge is 0.432 e. The standard InChI is InChI=1S/C15H20F3N3O/c16-15(17,18)13-8-19-14(20-13)11-4-3-6-21(9-11)10-12-5-1-2-7-22-12/h2,7-8,11-12H,1,3-6,9-10H2,(H,19,20)/t11-,12+/m0/s1. The molecule has 0 amide bonds. The monoisotopic (exact) mass is 315 g/mol. The van der Waals surface area contributed by atoms with Gasteiger partial charge < -0.3 is 9.72 Å². The van der Waals surface area contributed by atoms with E-state index in [1.165, 1.54) is 0 Å². The van der Waals surface area contributed by atoms with Crippen molar-refractivity contribution < 1.29 is 17.9 Å². The van der Waals surface area contributed by atoms with Crippen LogP contribution in [0.15, 0.2) is 18.5 Å². The van der Waals surface area contributed by atoms with Crippen LogP contribution in [0.5, 0.6) is 0 Å². The van der Waals surface area contributed by atoms with Crippen molar-refractivity contribution in [1.29, 1.82) is 0 Å². The van der Waals surface area contributed by atoms with Gasteiger partial charge in [0.15, 0.2) is 0 Å². The highest BCUT2D eigenvalue weighted by atomic mass is 19.4. The predicted octanol–water partition coefficient (Wildman–Crippen LogP) is 3.30. The Kier molecular flexibility index (Phi) is 4.42. The van der Waals surface area contributed by atoms with Gasteiger partial charge in [-0.05, 0) is 38.3 Å². The van der Waals surface area contributed by atoms with Gasteiger partial charge in [0.1, 0.15) is 17.6 Å². The maximum absolute atomic E-state index is 12.6. The third-order valence-electron chi connectivity index (χ3n) is 4.28. The average Bonchev–Trinajstić information content (AvgIpc) is 2.99. The first kappa shape index (κ1) is 15.4. The largest absolute Gasteiger partial charge is 0.497 e. The molecule has 4 nitrogen and oxygen atoms in total. The number of hydrogen-bond acceptors (Lipinski definition) is 3. The molecule has 0 bridgehead atoms. The minimum Gasteiger partial charge on any atom is -0.497 e. The summed E-state index contributed by atoms with van der Waals surface area (Å²) in [6, 6.07) is 0. The molecule has 1 aromatic rings. The van der Waals surface area contributed by atoms with E-state index in [9.17, 15) is 13.2 Å². The number of H-pyrrole nitrogens is 1. The second kappa shape index (κ2) is 6.32. The Morgan fingerprint density at radius 1 is 1.36 bits per heavy atom. The Labute approximate surface area is 127 Å². The molecular weight excluding hydrogens is 295 g/mol. The maximum atomic E-state index is 12.6. The van der Waals surface area contributed by atoms with Gasteiger partial charge in [0.2, 0.25) is 0 Å². The van der Waals surface area contributed by atoms with Crippen molar-refractivity contribution in [3.63, 3.8) is 0 Å². The van der Waals surface area contributed by atoms with Crippen LogP contribution < -0.4 is 0 Å². The summed E-state index contributed by atoms with van der Waals surface area (Å²) >= 11 is 0. The second-order valence-electron chi connectivity index (χ2n) is 5.99. The van der Waals surface area contributed by atoms with Crippen LogP contribution in [0.2, 0.25) is 0 Å². The molecule has 3 rings (SSSR count). The zero-order chi connectivity index (χ0) is 15.6. The summed E-state index contributed by atoms with van der Waals surface area (Å²) in [6.07, 6.45) is 4.33. The number of nitrogens with zero attached hydrogens (tertiary/aromatic N) is 2. The molecule has 1 aromatic heterocycles. The van der Waals surface area contributed by atoms with Gasteiger partial charge >= 0.3 is 6.18 Å². The van der Waals surface area contributed by atoms with Gasteiger partial charge in [-0.15, -0.1) is 0 Å². The van der Waals surface area contributed by atoms with Crippen LogP contribution in [0.1, 0.15) is 43.1 Å². The lowest BCUT2D eigenvalue weighted by Crippen LogP contribution is -2.40. The van der Waals surface area contributed by atoms with Crippen molar-refractivity contribution in [2.75, 3.05) is 19.6 Å². The van der Waals surface area contributed by atoms with Crippen molar-refractivity contribution in [3.8, 4) is 0 Å². The Balaban J connectivity index is 1.60. The molecule has 122 valence electrons. The SMILES string of the molecule is FC(F)(F)c1cnc([C@H]2CCCN(C[C@H]3CCC=CO3)C2)[nH]1. The molecule has 2 atom stereocenters. The molecule has 1 N–H and O–H groups in total. The van der Waals surface area contributed by atoms with E-state index in [1.807, 2.05) is 6.08 Å². The molecule has 3 heterocycles. The van der Waals surface area contributed by atoms with Gasteiger partial charge in [0.25, 0.3) is 0 Å². The number of rotatable bonds is 3. The van der Waals surface area contributed by atoms with Gasteiger partial charge in [-0.2, -0.15) is 13.2 Å². The highest BCUT2D eigenvalue weighted by Gasteiger charge is 2.34. The van der Waals surface area contributed by atoms with E-state index in [1.54, 1.807) is 6.26 Å². The number of piperidine rings is 1. The van der Waals surface area contributed by atoms with Crippen molar-refractivity contribution in [3.05, 3.63) is 30.1 Å². The van der Waals surface area contributed by atoms with Crippen molar-refractivity contribution in [2.45, 2.75) is 43.9 Å². The average molecular weight is 315 g/mol. The van der Waals surface area contributed by atoms with Gasteiger partial charge in [-0.3, -0.25) is 4.90 Å². The van der Waals surface area contributed by atoms with E-state index < -0.39 is 11.9 Å². The lowest BCUT2D eigenvalue weighted by atomic mass is 9.96. The molecule has 1 saturated heterocycles. The first-order valence-corrected chi connectivity index (χ1v) is 7.67. The lowest BCUT2D eigenvalue weighted by molar-refractivity contribution is -0.141. The molecule has 0 spiro atoms. The van der Waals surface area contributed by atoms with Gasteiger partial charge in [-0.25, -0.2) is 4.98 Å². The molecule has 22 heavy (non-hydrogen) atoms. The summed E-state index contributed by atoms with van der Waals surface area (Å²) in [5.41, 5.74) is -0.764. The molecule has 2 aliphatic heterocycles. The van der Waals surface area contributed by atoms with Crippen LogP contribution in [0.3, 0.4) is 0 Å². The molecule has 1 fully saturated rings. The van der Waals surface area contributed by atoms with Crippen LogP contribution in [-0.2, 0) is 10.9 Å². The molecule has 0 aromatic carbocycles. The minimum atomic E-state index is -4.36. The third-order valence-corrected chi connectivity index (χ3v) is 4.28.